The van der Waals surface area contributed by atoms with Gasteiger partial charge < -0.3 is 4.90 Å². The molecule has 0 unspecified atom stereocenters. The minimum atomic E-state index is -0.576. The van der Waals surface area contributed by atoms with Crippen molar-refractivity contribution in [3.63, 3.8) is 0 Å². The van der Waals surface area contributed by atoms with Gasteiger partial charge in [0.2, 0.25) is 5.82 Å². The van der Waals surface area contributed by atoms with Gasteiger partial charge >= 0.3 is 0 Å². The van der Waals surface area contributed by atoms with Gasteiger partial charge in [-0.2, -0.15) is 5.10 Å². The number of hydrogen-bond donors (Lipinski definition) is 1. The van der Waals surface area contributed by atoms with Crippen LogP contribution in [0, 0.1) is 17.6 Å². The van der Waals surface area contributed by atoms with E-state index in [0.29, 0.717) is 18.0 Å². The van der Waals surface area contributed by atoms with E-state index in [2.05, 4.69) is 20.1 Å². The smallest absolute Gasteiger partial charge is 0.291 e. The average molecular weight is 359 g/mol. The molecule has 4 aliphatic heterocycles. The van der Waals surface area contributed by atoms with Crippen LogP contribution in [0.25, 0.3) is 0 Å². The Morgan fingerprint density at radius 1 is 1.12 bits per heavy atom. The van der Waals surface area contributed by atoms with Crippen LogP contribution < -0.4 is 0 Å². The maximum Gasteiger partial charge on any atom is 0.291 e. The van der Waals surface area contributed by atoms with Gasteiger partial charge in [0, 0.05) is 24.6 Å². The first kappa shape index (κ1) is 15.9. The highest BCUT2D eigenvalue weighted by molar-refractivity contribution is 5.91. The Morgan fingerprint density at radius 2 is 1.85 bits per heavy atom. The Kier molecular flexibility index (Phi) is 3.56. The fourth-order valence-electron chi connectivity index (χ4n) is 5.18. The summed E-state index contributed by atoms with van der Waals surface area (Å²) < 4.78 is 27.6. The maximum absolute atomic E-state index is 13.8. The highest BCUT2D eigenvalue weighted by atomic mass is 19.1. The number of nitrogens with zero attached hydrogens (tertiary/aromatic N) is 4. The lowest BCUT2D eigenvalue weighted by Gasteiger charge is -2.51. The first-order valence-electron chi connectivity index (χ1n) is 8.98. The van der Waals surface area contributed by atoms with Gasteiger partial charge in [-0.15, -0.1) is 0 Å². The summed E-state index contributed by atoms with van der Waals surface area (Å²) in [6, 6.07) is 3.83. The second-order valence-electron chi connectivity index (χ2n) is 7.46. The molecule has 0 aliphatic carbocycles. The lowest BCUT2D eigenvalue weighted by molar-refractivity contribution is -0.00378. The van der Waals surface area contributed by atoms with Crippen molar-refractivity contribution >= 4 is 5.91 Å². The molecule has 0 spiro atoms. The van der Waals surface area contributed by atoms with E-state index in [9.17, 15) is 13.6 Å². The summed E-state index contributed by atoms with van der Waals surface area (Å²) in [4.78, 5) is 21.2. The van der Waals surface area contributed by atoms with Crippen molar-refractivity contribution in [3.05, 3.63) is 47.5 Å². The number of piperidine rings is 3. The number of carbonyl (C=O) groups excluding carboxylic acids is 1. The first-order valence-corrected chi connectivity index (χ1v) is 8.98. The van der Waals surface area contributed by atoms with Crippen LogP contribution in [0.4, 0.5) is 8.78 Å². The van der Waals surface area contributed by atoms with Crippen molar-refractivity contribution in [1.29, 1.82) is 0 Å². The number of rotatable bonds is 2. The molecular weight excluding hydrogens is 340 g/mol. The van der Waals surface area contributed by atoms with Crippen LogP contribution in [-0.2, 0) is 0 Å². The zero-order chi connectivity index (χ0) is 17.8. The summed E-state index contributed by atoms with van der Waals surface area (Å²) in [5.41, 5.74) is 0.623. The number of H-pyrrole nitrogens is 1. The molecule has 26 heavy (non-hydrogen) atoms. The number of likely N-dealkylation sites (tertiary alicyclic amines) is 1. The van der Waals surface area contributed by atoms with Crippen molar-refractivity contribution in [1.82, 2.24) is 25.0 Å². The molecule has 1 amide bonds. The van der Waals surface area contributed by atoms with Crippen LogP contribution in [0.2, 0.25) is 0 Å². The molecule has 6 rings (SSSR count). The predicted octanol–water partition coefficient (Wildman–Crippen LogP) is 1.79. The number of halogens is 2. The molecule has 1 aromatic heterocycles. The molecule has 4 saturated heterocycles. The fourth-order valence-corrected chi connectivity index (χ4v) is 5.18. The quantitative estimate of drug-likeness (QED) is 0.888. The number of carbonyl (C=O) groups is 1. The summed E-state index contributed by atoms with van der Waals surface area (Å²) >= 11 is 0. The van der Waals surface area contributed by atoms with E-state index < -0.39 is 11.6 Å². The minimum Gasteiger partial charge on any atom is -0.330 e. The van der Waals surface area contributed by atoms with E-state index in [0.717, 1.165) is 32.0 Å². The highest BCUT2D eigenvalue weighted by Gasteiger charge is 2.55. The zero-order valence-corrected chi connectivity index (χ0v) is 14.1. The molecule has 3 atom stereocenters. The summed E-state index contributed by atoms with van der Waals surface area (Å²) in [5, 5.41) is 6.41. The van der Waals surface area contributed by atoms with Crippen LogP contribution in [0.3, 0.4) is 0 Å². The van der Waals surface area contributed by atoms with Crippen molar-refractivity contribution < 1.29 is 13.6 Å². The van der Waals surface area contributed by atoms with Gasteiger partial charge in [-0.25, -0.2) is 13.8 Å². The van der Waals surface area contributed by atoms with E-state index in [1.54, 1.807) is 0 Å². The Morgan fingerprint density at radius 3 is 2.50 bits per heavy atom. The van der Waals surface area contributed by atoms with E-state index in [4.69, 9.17) is 0 Å². The number of aromatic amines is 1. The third-order valence-corrected chi connectivity index (χ3v) is 6.19. The molecule has 4 aliphatic rings. The van der Waals surface area contributed by atoms with Gasteiger partial charge in [0.05, 0.1) is 6.04 Å². The lowest BCUT2D eigenvalue weighted by Crippen LogP contribution is -2.60. The molecule has 5 heterocycles. The number of amides is 1. The van der Waals surface area contributed by atoms with Gasteiger partial charge in [0.25, 0.3) is 5.91 Å². The predicted molar refractivity (Wildman–Crippen MR) is 88.4 cm³/mol. The average Bonchev–Trinajstić information content (AvgIpc) is 3.30. The molecule has 2 bridgehead atoms. The van der Waals surface area contributed by atoms with Crippen LogP contribution in [0.15, 0.2) is 24.5 Å². The third kappa shape index (κ3) is 2.35. The standard InChI is InChI=1S/C18H19F2N5O/c19-12-5-11(6-13(20)7-12)14-8-25(18(26)17-21-9-22-23-17)15-10-1-3-24(4-2-10)16(14)15/h5-7,9-10,14-16H,1-4,8H2,(H,21,22,23)/t14-,15-,16-/m1/s1. The number of benzene rings is 1. The summed E-state index contributed by atoms with van der Waals surface area (Å²) in [7, 11) is 0. The van der Waals surface area contributed by atoms with E-state index in [1.165, 1.54) is 18.5 Å². The normalized spacial score (nSPS) is 32.7. The van der Waals surface area contributed by atoms with E-state index in [1.807, 2.05) is 4.90 Å². The lowest BCUT2D eigenvalue weighted by atomic mass is 9.75. The SMILES string of the molecule is O=C(c1ncn[nH]1)N1C[C@H](c2cc(F)cc(F)c2)[C@@H]2[C@H]1C1CCN2CC1. The third-order valence-electron chi connectivity index (χ3n) is 6.19. The number of aromatic nitrogens is 3. The number of nitrogens with one attached hydrogen (secondary N) is 1. The molecular formula is C18H19F2N5O. The van der Waals surface area contributed by atoms with Crippen LogP contribution in [0.5, 0.6) is 0 Å². The molecule has 1 N–H and O–H groups in total. The maximum atomic E-state index is 13.8. The molecule has 0 saturated carbocycles. The van der Waals surface area contributed by atoms with Crippen molar-refractivity contribution in [2.75, 3.05) is 19.6 Å². The highest BCUT2D eigenvalue weighted by Crippen LogP contribution is 2.47. The monoisotopic (exact) mass is 359 g/mol. The molecule has 0 radical (unpaired) electrons. The van der Waals surface area contributed by atoms with Crippen LogP contribution in [0.1, 0.15) is 34.9 Å². The van der Waals surface area contributed by atoms with Gasteiger partial charge in [0.15, 0.2) is 0 Å². The molecule has 4 fully saturated rings. The van der Waals surface area contributed by atoms with E-state index in [-0.39, 0.29) is 29.7 Å². The van der Waals surface area contributed by atoms with Gasteiger partial charge in [-0.1, -0.05) is 0 Å². The summed E-state index contributed by atoms with van der Waals surface area (Å²) in [6.07, 6.45) is 3.41. The zero-order valence-electron chi connectivity index (χ0n) is 14.1. The molecule has 1 aromatic carbocycles. The summed E-state index contributed by atoms with van der Waals surface area (Å²) in [6.45, 7) is 2.39. The molecule has 136 valence electrons. The Bertz CT molecular complexity index is 814. The Labute approximate surface area is 149 Å². The number of fused-ring (bicyclic) bond motifs is 2. The van der Waals surface area contributed by atoms with Crippen LogP contribution in [-0.4, -0.2) is 62.6 Å². The second-order valence-corrected chi connectivity index (χ2v) is 7.46. The van der Waals surface area contributed by atoms with Crippen LogP contribution >= 0.6 is 0 Å². The molecule has 6 nitrogen and oxygen atoms in total. The summed E-state index contributed by atoms with van der Waals surface area (Å²) in [5.74, 6) is -0.822. The topological polar surface area (TPSA) is 65.1 Å². The van der Waals surface area contributed by atoms with Crippen molar-refractivity contribution in [2.45, 2.75) is 30.8 Å². The van der Waals surface area contributed by atoms with Crippen molar-refractivity contribution in [2.24, 2.45) is 5.92 Å². The second kappa shape index (κ2) is 5.84. The number of hydrogen-bond acceptors (Lipinski definition) is 4. The molecule has 2 aromatic rings. The Balaban J connectivity index is 1.55. The molecule has 8 heteroatoms. The van der Waals surface area contributed by atoms with Gasteiger partial charge in [-0.05, 0) is 49.5 Å². The van der Waals surface area contributed by atoms with Crippen molar-refractivity contribution in [3.8, 4) is 0 Å². The largest absolute Gasteiger partial charge is 0.330 e. The Hall–Kier alpha value is -2.35. The minimum absolute atomic E-state index is 0.0476. The van der Waals surface area contributed by atoms with E-state index >= 15 is 0 Å². The fraction of sp³-hybridized carbons (Fsp3) is 0.500. The van der Waals surface area contributed by atoms with Gasteiger partial charge in [-0.3, -0.25) is 14.8 Å². The first-order chi connectivity index (χ1) is 12.6. The van der Waals surface area contributed by atoms with Gasteiger partial charge in [0.1, 0.15) is 18.0 Å².